The van der Waals surface area contributed by atoms with Gasteiger partial charge < -0.3 is 5.32 Å². The Bertz CT molecular complexity index is 279. The van der Waals surface area contributed by atoms with Crippen LogP contribution in [0.25, 0.3) is 0 Å². The van der Waals surface area contributed by atoms with E-state index in [1.54, 1.807) is 0 Å². The maximum Gasteiger partial charge on any atom is 0.0234 e. The van der Waals surface area contributed by atoms with Crippen molar-refractivity contribution in [2.45, 2.75) is 26.8 Å². The summed E-state index contributed by atoms with van der Waals surface area (Å²) in [6, 6.07) is 8.98. The van der Waals surface area contributed by atoms with Gasteiger partial charge in [0.05, 0.1) is 0 Å². The van der Waals surface area contributed by atoms with Crippen LogP contribution >= 0.6 is 0 Å². The van der Waals surface area contributed by atoms with E-state index < -0.39 is 0 Å². The summed E-state index contributed by atoms with van der Waals surface area (Å²) in [5, 5.41) is 3.19. The number of aryl methyl sites for hydroxylation is 1. The molecule has 16 heavy (non-hydrogen) atoms. The molecule has 1 aromatic rings. The molecule has 2 nitrogen and oxygen atoms in total. The number of nitrogens with one attached hydrogen (secondary N) is 1. The van der Waals surface area contributed by atoms with Crippen molar-refractivity contribution in [1.82, 2.24) is 10.2 Å². The summed E-state index contributed by atoms with van der Waals surface area (Å²) in [4.78, 5) is 2.46. The van der Waals surface area contributed by atoms with E-state index in [-0.39, 0.29) is 0 Å². The first-order valence-electron chi connectivity index (χ1n) is 6.24. The molecule has 90 valence electrons. The highest BCUT2D eigenvalue weighted by Gasteiger charge is 2.02. The van der Waals surface area contributed by atoms with Crippen molar-refractivity contribution in [3.63, 3.8) is 0 Å². The summed E-state index contributed by atoms with van der Waals surface area (Å²) in [6.45, 7) is 8.75. The summed E-state index contributed by atoms with van der Waals surface area (Å²) in [5.41, 5.74) is 2.83. The summed E-state index contributed by atoms with van der Waals surface area (Å²) >= 11 is 0. The van der Waals surface area contributed by atoms with Crippen molar-refractivity contribution in [2.75, 3.05) is 26.7 Å². The zero-order valence-electron chi connectivity index (χ0n) is 10.8. The van der Waals surface area contributed by atoms with Gasteiger partial charge in [0, 0.05) is 19.6 Å². The Kier molecular flexibility index (Phi) is 6.12. The first kappa shape index (κ1) is 13.2. The van der Waals surface area contributed by atoms with Gasteiger partial charge in [0.25, 0.3) is 0 Å². The molecule has 0 saturated carbocycles. The smallest absolute Gasteiger partial charge is 0.0234 e. The number of nitrogens with zero attached hydrogens (tertiary/aromatic N) is 1. The Morgan fingerprint density at radius 3 is 2.19 bits per heavy atom. The average molecular weight is 220 g/mol. The molecule has 1 rings (SSSR count). The van der Waals surface area contributed by atoms with Crippen LogP contribution in [0.2, 0.25) is 0 Å². The minimum Gasteiger partial charge on any atom is -0.318 e. The standard InChI is InChI=1S/C14H24N2/c1-4-13-6-8-14(9-7-13)12-16(5-2)11-10-15-3/h6-9,15H,4-5,10-12H2,1-3H3. The van der Waals surface area contributed by atoms with Crippen LogP contribution < -0.4 is 5.32 Å². The lowest BCUT2D eigenvalue weighted by molar-refractivity contribution is 0.282. The van der Waals surface area contributed by atoms with Crippen molar-refractivity contribution >= 4 is 0 Å². The molecule has 1 aromatic carbocycles. The molecule has 0 radical (unpaired) electrons. The third-order valence-corrected chi connectivity index (χ3v) is 2.96. The van der Waals surface area contributed by atoms with Crippen LogP contribution in [0.1, 0.15) is 25.0 Å². The van der Waals surface area contributed by atoms with E-state index in [1.807, 2.05) is 7.05 Å². The fourth-order valence-corrected chi connectivity index (χ4v) is 1.76. The van der Waals surface area contributed by atoms with E-state index in [4.69, 9.17) is 0 Å². The van der Waals surface area contributed by atoms with Crippen LogP contribution in [-0.2, 0) is 13.0 Å². The lowest BCUT2D eigenvalue weighted by Crippen LogP contribution is -2.30. The van der Waals surface area contributed by atoms with Gasteiger partial charge in [-0.3, -0.25) is 4.90 Å². The maximum atomic E-state index is 3.19. The van der Waals surface area contributed by atoms with Gasteiger partial charge in [-0.1, -0.05) is 38.1 Å². The number of rotatable bonds is 7. The summed E-state index contributed by atoms with van der Waals surface area (Å²) in [5.74, 6) is 0. The van der Waals surface area contributed by atoms with E-state index >= 15 is 0 Å². The highest BCUT2D eigenvalue weighted by atomic mass is 15.1. The minimum atomic E-state index is 1.06. The molecule has 0 saturated heterocycles. The van der Waals surface area contributed by atoms with E-state index in [0.717, 1.165) is 32.6 Å². The second-order valence-electron chi connectivity index (χ2n) is 4.14. The number of benzene rings is 1. The SMILES string of the molecule is CCc1ccc(CN(CC)CCNC)cc1. The van der Waals surface area contributed by atoms with Gasteiger partial charge in [0.1, 0.15) is 0 Å². The minimum absolute atomic E-state index is 1.06. The molecule has 2 heteroatoms. The number of hydrogen-bond donors (Lipinski definition) is 1. The fourth-order valence-electron chi connectivity index (χ4n) is 1.76. The quantitative estimate of drug-likeness (QED) is 0.758. The largest absolute Gasteiger partial charge is 0.318 e. The predicted octanol–water partition coefficient (Wildman–Crippen LogP) is 2.29. The van der Waals surface area contributed by atoms with E-state index in [2.05, 4.69) is 48.3 Å². The van der Waals surface area contributed by atoms with Crippen LogP contribution in [0.3, 0.4) is 0 Å². The molecule has 0 aliphatic heterocycles. The van der Waals surface area contributed by atoms with Crippen LogP contribution in [0.5, 0.6) is 0 Å². The second-order valence-corrected chi connectivity index (χ2v) is 4.14. The molecule has 0 aromatic heterocycles. The van der Waals surface area contributed by atoms with Crippen LogP contribution in [0, 0.1) is 0 Å². The van der Waals surface area contributed by atoms with E-state index in [9.17, 15) is 0 Å². The van der Waals surface area contributed by atoms with Crippen molar-refractivity contribution < 1.29 is 0 Å². The molecule has 0 bridgehead atoms. The van der Waals surface area contributed by atoms with Crippen molar-refractivity contribution in [1.29, 1.82) is 0 Å². The lowest BCUT2D eigenvalue weighted by Gasteiger charge is -2.20. The monoisotopic (exact) mass is 220 g/mol. The van der Waals surface area contributed by atoms with Gasteiger partial charge in [0.15, 0.2) is 0 Å². The van der Waals surface area contributed by atoms with Crippen LogP contribution in [0.15, 0.2) is 24.3 Å². The number of hydrogen-bond acceptors (Lipinski definition) is 2. The highest BCUT2D eigenvalue weighted by molar-refractivity contribution is 5.22. The third-order valence-electron chi connectivity index (χ3n) is 2.96. The first-order valence-corrected chi connectivity index (χ1v) is 6.24. The Balaban J connectivity index is 2.49. The van der Waals surface area contributed by atoms with Crippen molar-refractivity contribution in [3.8, 4) is 0 Å². The van der Waals surface area contributed by atoms with E-state index in [0.29, 0.717) is 0 Å². The molecule has 0 amide bonds. The Morgan fingerprint density at radius 2 is 1.69 bits per heavy atom. The molecule has 1 N–H and O–H groups in total. The normalized spacial score (nSPS) is 11.0. The third kappa shape index (κ3) is 4.33. The van der Waals surface area contributed by atoms with Gasteiger partial charge in [-0.25, -0.2) is 0 Å². The van der Waals surface area contributed by atoms with Crippen LogP contribution in [-0.4, -0.2) is 31.6 Å². The molecule has 0 atom stereocenters. The number of likely N-dealkylation sites (N-methyl/N-ethyl adjacent to an activating group) is 2. The Morgan fingerprint density at radius 1 is 1.06 bits per heavy atom. The summed E-state index contributed by atoms with van der Waals surface area (Å²) in [7, 11) is 2.00. The van der Waals surface area contributed by atoms with E-state index in [1.165, 1.54) is 11.1 Å². The first-order chi connectivity index (χ1) is 7.80. The zero-order valence-corrected chi connectivity index (χ0v) is 10.8. The average Bonchev–Trinajstić information content (AvgIpc) is 2.35. The van der Waals surface area contributed by atoms with Gasteiger partial charge in [-0.15, -0.1) is 0 Å². The summed E-state index contributed by atoms with van der Waals surface area (Å²) < 4.78 is 0. The molecule has 0 spiro atoms. The zero-order chi connectivity index (χ0) is 11.8. The molecule has 0 unspecified atom stereocenters. The van der Waals surface area contributed by atoms with Crippen molar-refractivity contribution in [2.24, 2.45) is 0 Å². The van der Waals surface area contributed by atoms with Gasteiger partial charge in [-0.05, 0) is 31.1 Å². The van der Waals surface area contributed by atoms with Crippen molar-refractivity contribution in [3.05, 3.63) is 35.4 Å². The Labute approximate surface area is 99.7 Å². The predicted molar refractivity (Wildman–Crippen MR) is 70.7 cm³/mol. The van der Waals surface area contributed by atoms with Gasteiger partial charge in [0.2, 0.25) is 0 Å². The fraction of sp³-hybridized carbons (Fsp3) is 0.571. The van der Waals surface area contributed by atoms with Gasteiger partial charge >= 0.3 is 0 Å². The maximum absolute atomic E-state index is 3.19. The molecule has 0 fully saturated rings. The second kappa shape index (κ2) is 7.42. The highest BCUT2D eigenvalue weighted by Crippen LogP contribution is 2.07. The lowest BCUT2D eigenvalue weighted by atomic mass is 10.1. The summed E-state index contributed by atoms with van der Waals surface area (Å²) in [6.07, 6.45) is 1.12. The van der Waals surface area contributed by atoms with Gasteiger partial charge in [-0.2, -0.15) is 0 Å². The molecule has 0 aliphatic carbocycles. The topological polar surface area (TPSA) is 15.3 Å². The molecule has 0 heterocycles. The van der Waals surface area contributed by atoms with Crippen LogP contribution in [0.4, 0.5) is 0 Å². The molecular formula is C14H24N2. The Hall–Kier alpha value is -0.860. The molecule has 0 aliphatic rings. The molecular weight excluding hydrogens is 196 g/mol.